The molecule has 0 N–H and O–H groups in total. The van der Waals surface area contributed by atoms with Gasteiger partial charge in [0.05, 0.1) is 40.2 Å². The molecule has 0 unspecified atom stereocenters. The van der Waals surface area contributed by atoms with E-state index in [2.05, 4.69) is 165 Å². The summed E-state index contributed by atoms with van der Waals surface area (Å²) in [6, 6.07) is 56.9. The van der Waals surface area contributed by atoms with Crippen molar-refractivity contribution in [1.82, 2.24) is 13.7 Å². The van der Waals surface area contributed by atoms with E-state index in [4.69, 9.17) is 4.74 Å². The second-order valence-electron chi connectivity index (χ2n) is 12.2. The van der Waals surface area contributed by atoms with Gasteiger partial charge >= 0.3 is 0 Å². The van der Waals surface area contributed by atoms with Crippen molar-refractivity contribution in [3.05, 3.63) is 158 Å². The number of ether oxygens (including phenoxy) is 1. The molecule has 47 heavy (non-hydrogen) atoms. The van der Waals surface area contributed by atoms with E-state index in [-0.39, 0.29) is 0 Å². The summed E-state index contributed by atoms with van der Waals surface area (Å²) in [5, 5.41) is 7.44. The quantitative estimate of drug-likeness (QED) is 0.196. The van der Waals surface area contributed by atoms with E-state index in [9.17, 15) is 0 Å². The first-order valence-electron chi connectivity index (χ1n) is 16.0. The molecule has 0 atom stereocenters. The molecular weight excluding hydrogens is 574 g/mol. The summed E-state index contributed by atoms with van der Waals surface area (Å²) >= 11 is 0. The molecule has 3 aromatic heterocycles. The summed E-state index contributed by atoms with van der Waals surface area (Å²) in [7, 11) is 1.72. The molecule has 4 nitrogen and oxygen atoms in total. The first-order chi connectivity index (χ1) is 23.3. The summed E-state index contributed by atoms with van der Waals surface area (Å²) in [4.78, 5) is 0. The highest BCUT2D eigenvalue weighted by Crippen LogP contribution is 2.39. The van der Waals surface area contributed by atoms with E-state index >= 15 is 0 Å². The van der Waals surface area contributed by atoms with Gasteiger partial charge in [-0.1, -0.05) is 78.9 Å². The molecule has 10 rings (SSSR count). The van der Waals surface area contributed by atoms with Crippen LogP contribution in [0.1, 0.15) is 0 Å². The van der Waals surface area contributed by atoms with E-state index in [0.29, 0.717) is 0 Å². The Balaban J connectivity index is 1.30. The molecule has 0 aliphatic carbocycles. The van der Waals surface area contributed by atoms with E-state index in [1.165, 1.54) is 54.4 Å². The molecule has 0 aliphatic rings. The maximum Gasteiger partial charge on any atom is 0.120 e. The first-order valence-corrected chi connectivity index (χ1v) is 16.0. The minimum atomic E-state index is 0.835. The molecule has 0 fully saturated rings. The van der Waals surface area contributed by atoms with Crippen LogP contribution in [0.15, 0.2) is 158 Å². The fourth-order valence-corrected chi connectivity index (χ4v) is 7.71. The zero-order chi connectivity index (χ0) is 31.1. The monoisotopic (exact) mass is 603 g/mol. The maximum atomic E-state index is 5.66. The van der Waals surface area contributed by atoms with Gasteiger partial charge in [-0.2, -0.15) is 0 Å². The summed E-state index contributed by atoms with van der Waals surface area (Å²) < 4.78 is 12.8. The Hall–Kier alpha value is -6.26. The third kappa shape index (κ3) is 3.70. The Bertz CT molecular complexity index is 2570. The minimum absolute atomic E-state index is 0.835. The molecule has 0 saturated carbocycles. The number of nitrogens with zero attached hydrogens (tertiary/aromatic N) is 3. The molecule has 7 aromatic carbocycles. The lowest BCUT2D eigenvalue weighted by Gasteiger charge is -2.11. The van der Waals surface area contributed by atoms with Gasteiger partial charge in [0, 0.05) is 55.4 Å². The Labute approximate surface area is 270 Å². The van der Waals surface area contributed by atoms with Gasteiger partial charge in [0.25, 0.3) is 0 Å². The predicted molar refractivity (Wildman–Crippen MR) is 196 cm³/mol. The fourth-order valence-electron chi connectivity index (χ4n) is 7.71. The molecule has 0 saturated heterocycles. The van der Waals surface area contributed by atoms with Crippen molar-refractivity contribution in [3.63, 3.8) is 0 Å². The van der Waals surface area contributed by atoms with Crippen LogP contribution in [0.25, 0.3) is 82.5 Å². The van der Waals surface area contributed by atoms with Gasteiger partial charge in [0.1, 0.15) is 5.75 Å². The number of methoxy groups -OCH3 is 1. The van der Waals surface area contributed by atoms with Crippen molar-refractivity contribution < 1.29 is 4.74 Å². The molecule has 222 valence electrons. The van der Waals surface area contributed by atoms with Crippen LogP contribution < -0.4 is 4.74 Å². The summed E-state index contributed by atoms with van der Waals surface area (Å²) in [6.45, 7) is 0. The molecule has 0 amide bonds. The predicted octanol–water partition coefficient (Wildman–Crippen LogP) is 11.0. The van der Waals surface area contributed by atoms with Gasteiger partial charge < -0.3 is 18.4 Å². The average Bonchev–Trinajstić information content (AvgIpc) is 3.77. The van der Waals surface area contributed by atoms with E-state index in [0.717, 1.165) is 33.8 Å². The molecule has 0 radical (unpaired) electrons. The van der Waals surface area contributed by atoms with E-state index < -0.39 is 0 Å². The number of fused-ring (bicyclic) bond motifs is 9. The minimum Gasteiger partial charge on any atom is -0.497 e. The Morgan fingerprint density at radius 2 is 0.681 bits per heavy atom. The van der Waals surface area contributed by atoms with E-state index in [1.54, 1.807) is 7.11 Å². The van der Waals surface area contributed by atoms with Crippen LogP contribution in [0.2, 0.25) is 0 Å². The lowest BCUT2D eigenvalue weighted by Crippen LogP contribution is -1.97. The van der Waals surface area contributed by atoms with Crippen LogP contribution in [-0.2, 0) is 0 Å². The number of benzene rings is 7. The van der Waals surface area contributed by atoms with Crippen molar-refractivity contribution in [3.8, 4) is 22.8 Å². The molecular formula is C43H29N3O. The number of rotatable bonds is 4. The number of aromatic nitrogens is 3. The number of hydrogen-bond acceptors (Lipinski definition) is 1. The summed E-state index contributed by atoms with van der Waals surface area (Å²) in [5.74, 6) is 0.835. The highest BCUT2D eigenvalue weighted by Gasteiger charge is 2.18. The second kappa shape index (κ2) is 9.87. The smallest absolute Gasteiger partial charge is 0.120 e. The van der Waals surface area contributed by atoms with Crippen LogP contribution in [0.4, 0.5) is 0 Å². The standard InChI is InChI=1S/C43H29N3O/c1-47-31-12-10-11-28(25-31)44-42-23-21-29(45-38-17-6-2-13-32(38)33-14-3-7-18-39(33)45)26-36(42)37-27-30(22-24-43(37)44)46-40-19-8-4-15-34(40)35-16-5-9-20-41(35)46/h2-27H,1H3. The van der Waals surface area contributed by atoms with Crippen LogP contribution in [0.3, 0.4) is 0 Å². The Morgan fingerprint density at radius 3 is 1.09 bits per heavy atom. The second-order valence-corrected chi connectivity index (χ2v) is 12.2. The fraction of sp³-hybridized carbons (Fsp3) is 0.0233. The zero-order valence-corrected chi connectivity index (χ0v) is 25.8. The van der Waals surface area contributed by atoms with Gasteiger partial charge in [-0.25, -0.2) is 0 Å². The van der Waals surface area contributed by atoms with Crippen LogP contribution in [0.5, 0.6) is 5.75 Å². The van der Waals surface area contributed by atoms with E-state index in [1.807, 2.05) is 6.07 Å². The van der Waals surface area contributed by atoms with Crippen LogP contribution in [0, 0.1) is 0 Å². The van der Waals surface area contributed by atoms with Crippen LogP contribution in [-0.4, -0.2) is 20.8 Å². The zero-order valence-electron chi connectivity index (χ0n) is 25.8. The lowest BCUT2D eigenvalue weighted by atomic mass is 10.1. The van der Waals surface area contributed by atoms with Gasteiger partial charge in [0.2, 0.25) is 0 Å². The first kappa shape index (κ1) is 26.0. The number of para-hydroxylation sites is 4. The molecule has 4 heteroatoms. The highest BCUT2D eigenvalue weighted by atomic mass is 16.5. The van der Waals surface area contributed by atoms with Crippen molar-refractivity contribution in [1.29, 1.82) is 0 Å². The number of hydrogen-bond donors (Lipinski definition) is 0. The van der Waals surface area contributed by atoms with Gasteiger partial charge in [-0.15, -0.1) is 0 Å². The molecule has 0 bridgehead atoms. The molecule has 0 spiro atoms. The maximum absolute atomic E-state index is 5.66. The molecule has 10 aromatic rings. The van der Waals surface area contributed by atoms with Crippen molar-refractivity contribution in [2.45, 2.75) is 0 Å². The topological polar surface area (TPSA) is 24.0 Å². The third-order valence-corrected chi connectivity index (χ3v) is 9.72. The van der Waals surface area contributed by atoms with Gasteiger partial charge in [-0.05, 0) is 72.8 Å². The lowest BCUT2D eigenvalue weighted by molar-refractivity contribution is 0.414. The van der Waals surface area contributed by atoms with Crippen molar-refractivity contribution in [2.75, 3.05) is 7.11 Å². The summed E-state index contributed by atoms with van der Waals surface area (Å²) in [5.41, 5.74) is 10.5. The van der Waals surface area contributed by atoms with Gasteiger partial charge in [-0.3, -0.25) is 0 Å². The SMILES string of the molecule is COc1cccc(-n2c3ccc(-n4c5ccccc5c5ccccc54)cc3c3cc(-n4c5ccccc5c5ccccc54)ccc32)c1. The Kier molecular flexibility index (Phi) is 5.46. The summed E-state index contributed by atoms with van der Waals surface area (Å²) in [6.07, 6.45) is 0. The highest BCUT2D eigenvalue weighted by molar-refractivity contribution is 6.14. The van der Waals surface area contributed by atoms with Crippen molar-refractivity contribution in [2.24, 2.45) is 0 Å². The molecule has 0 aliphatic heterocycles. The van der Waals surface area contributed by atoms with Crippen molar-refractivity contribution >= 4 is 65.4 Å². The third-order valence-electron chi connectivity index (χ3n) is 9.72. The van der Waals surface area contributed by atoms with Crippen LogP contribution >= 0.6 is 0 Å². The normalized spacial score (nSPS) is 11.9. The Morgan fingerprint density at radius 1 is 0.319 bits per heavy atom. The van der Waals surface area contributed by atoms with Gasteiger partial charge in [0.15, 0.2) is 0 Å². The largest absolute Gasteiger partial charge is 0.497 e. The average molecular weight is 604 g/mol. The molecule has 3 heterocycles.